The summed E-state index contributed by atoms with van der Waals surface area (Å²) in [6, 6.07) is 4.83. The molecule has 0 bridgehead atoms. The number of aryl methyl sites for hydroxylation is 1. The lowest BCUT2D eigenvalue weighted by Crippen LogP contribution is -2.02. The highest BCUT2D eigenvalue weighted by atomic mass is 35.5. The van der Waals surface area contributed by atoms with Crippen molar-refractivity contribution >= 4 is 11.6 Å². The minimum absolute atomic E-state index is 0.0169. The van der Waals surface area contributed by atoms with Crippen LogP contribution >= 0.6 is 11.6 Å². The van der Waals surface area contributed by atoms with Gasteiger partial charge < -0.3 is 9.67 Å². The number of benzene rings is 1. The first kappa shape index (κ1) is 13.1. The number of hydrogen-bond acceptors (Lipinski definition) is 2. The molecular formula is C13H14ClFN2O. The Morgan fingerprint density at radius 3 is 2.78 bits per heavy atom. The number of imidazole rings is 1. The third-order valence-corrected chi connectivity index (χ3v) is 3.18. The van der Waals surface area contributed by atoms with Crippen molar-refractivity contribution in [2.24, 2.45) is 7.05 Å². The smallest absolute Gasteiger partial charge is 0.155 e. The number of aliphatic hydroxyl groups is 1. The average molecular weight is 269 g/mol. The van der Waals surface area contributed by atoms with E-state index in [0.717, 1.165) is 11.3 Å². The van der Waals surface area contributed by atoms with Crippen LogP contribution < -0.4 is 0 Å². The van der Waals surface area contributed by atoms with Gasteiger partial charge in [-0.15, -0.1) is 0 Å². The Hall–Kier alpha value is -1.39. The van der Waals surface area contributed by atoms with Gasteiger partial charge in [-0.1, -0.05) is 11.6 Å². The zero-order valence-electron chi connectivity index (χ0n) is 10.2. The molecule has 1 N–H and O–H groups in total. The third kappa shape index (κ3) is 2.26. The summed E-state index contributed by atoms with van der Waals surface area (Å²) in [5.74, 6) is 0.465. The topological polar surface area (TPSA) is 38.1 Å². The number of halogens is 2. The second-order valence-corrected chi connectivity index (χ2v) is 4.52. The maximum absolute atomic E-state index is 13.3. The lowest BCUT2D eigenvalue weighted by atomic mass is 10.1. The van der Waals surface area contributed by atoms with Crippen LogP contribution in [-0.2, 0) is 13.5 Å². The summed E-state index contributed by atoms with van der Waals surface area (Å²) in [7, 11) is 1.83. The van der Waals surface area contributed by atoms with Crippen molar-refractivity contribution in [3.8, 4) is 11.3 Å². The van der Waals surface area contributed by atoms with Crippen LogP contribution in [0.4, 0.5) is 4.39 Å². The van der Waals surface area contributed by atoms with Gasteiger partial charge in [-0.05, 0) is 30.7 Å². The molecule has 0 saturated heterocycles. The molecule has 0 radical (unpaired) electrons. The standard InChI is InChI=1S/C13H14ClFN2O/c1-8-7-9(3-4-10(8)15)12-13(14)16-11(5-6-18)17(12)2/h3-4,7,18H,5-6H2,1-2H3. The van der Waals surface area contributed by atoms with Gasteiger partial charge >= 0.3 is 0 Å². The van der Waals surface area contributed by atoms with Crippen LogP contribution in [0, 0.1) is 12.7 Å². The molecule has 1 heterocycles. The predicted octanol–water partition coefficient (Wildman–Crippen LogP) is 2.72. The fraction of sp³-hybridized carbons (Fsp3) is 0.308. The van der Waals surface area contributed by atoms with E-state index >= 15 is 0 Å². The minimum atomic E-state index is -0.243. The quantitative estimate of drug-likeness (QED) is 0.929. The lowest BCUT2D eigenvalue weighted by molar-refractivity contribution is 0.295. The van der Waals surface area contributed by atoms with E-state index in [4.69, 9.17) is 16.7 Å². The number of hydrogen-bond donors (Lipinski definition) is 1. The fourth-order valence-electron chi connectivity index (χ4n) is 1.94. The predicted molar refractivity (Wildman–Crippen MR) is 69.1 cm³/mol. The van der Waals surface area contributed by atoms with Crippen molar-refractivity contribution in [3.05, 3.63) is 40.6 Å². The summed E-state index contributed by atoms with van der Waals surface area (Å²) in [5, 5.41) is 9.32. The van der Waals surface area contributed by atoms with E-state index in [1.54, 1.807) is 19.1 Å². The number of aromatic nitrogens is 2. The molecule has 2 aromatic rings. The Balaban J connectivity index is 2.53. The first-order chi connectivity index (χ1) is 8.54. The van der Waals surface area contributed by atoms with Crippen LogP contribution in [0.3, 0.4) is 0 Å². The van der Waals surface area contributed by atoms with E-state index in [0.29, 0.717) is 23.0 Å². The van der Waals surface area contributed by atoms with Gasteiger partial charge in [-0.25, -0.2) is 9.37 Å². The van der Waals surface area contributed by atoms with Crippen molar-refractivity contribution in [1.82, 2.24) is 9.55 Å². The maximum atomic E-state index is 13.3. The summed E-state index contributed by atoms with van der Waals surface area (Å²) < 4.78 is 15.1. The highest BCUT2D eigenvalue weighted by Crippen LogP contribution is 2.29. The van der Waals surface area contributed by atoms with Gasteiger partial charge in [-0.2, -0.15) is 0 Å². The third-order valence-electron chi connectivity index (χ3n) is 2.91. The van der Waals surface area contributed by atoms with Gasteiger partial charge in [0, 0.05) is 19.0 Å². The molecule has 5 heteroatoms. The van der Waals surface area contributed by atoms with Crippen LogP contribution in [-0.4, -0.2) is 21.3 Å². The minimum Gasteiger partial charge on any atom is -0.396 e. The van der Waals surface area contributed by atoms with Crippen molar-refractivity contribution in [1.29, 1.82) is 0 Å². The van der Waals surface area contributed by atoms with E-state index < -0.39 is 0 Å². The molecule has 1 aromatic heterocycles. The van der Waals surface area contributed by atoms with Crippen LogP contribution in [0.2, 0.25) is 5.15 Å². The average Bonchev–Trinajstić information content (AvgIpc) is 2.59. The molecule has 0 unspecified atom stereocenters. The Morgan fingerprint density at radius 2 is 2.17 bits per heavy atom. The van der Waals surface area contributed by atoms with Gasteiger partial charge in [0.05, 0.1) is 12.3 Å². The Kier molecular flexibility index (Phi) is 3.68. The molecule has 0 atom stereocenters. The van der Waals surface area contributed by atoms with Gasteiger partial charge in [0.25, 0.3) is 0 Å². The van der Waals surface area contributed by atoms with Gasteiger partial charge in [-0.3, -0.25) is 0 Å². The molecule has 1 aromatic carbocycles. The number of aliphatic hydroxyl groups excluding tert-OH is 1. The fourth-order valence-corrected chi connectivity index (χ4v) is 2.27. The van der Waals surface area contributed by atoms with E-state index in [9.17, 15) is 4.39 Å². The first-order valence-corrected chi connectivity index (χ1v) is 6.01. The second-order valence-electron chi connectivity index (χ2n) is 4.16. The van der Waals surface area contributed by atoms with Crippen LogP contribution in [0.15, 0.2) is 18.2 Å². The van der Waals surface area contributed by atoms with Crippen molar-refractivity contribution < 1.29 is 9.50 Å². The summed E-state index contributed by atoms with van der Waals surface area (Å²) >= 11 is 6.11. The van der Waals surface area contributed by atoms with E-state index in [2.05, 4.69) is 4.98 Å². The number of nitrogens with zero attached hydrogens (tertiary/aromatic N) is 2. The molecule has 0 aliphatic carbocycles. The van der Waals surface area contributed by atoms with Crippen LogP contribution in [0.5, 0.6) is 0 Å². The molecule has 3 nitrogen and oxygen atoms in total. The largest absolute Gasteiger partial charge is 0.396 e. The highest BCUT2D eigenvalue weighted by molar-refractivity contribution is 6.32. The van der Waals surface area contributed by atoms with Crippen molar-refractivity contribution in [2.45, 2.75) is 13.3 Å². The van der Waals surface area contributed by atoms with Gasteiger partial charge in [0.2, 0.25) is 0 Å². The molecule has 0 spiro atoms. The van der Waals surface area contributed by atoms with E-state index in [-0.39, 0.29) is 12.4 Å². The van der Waals surface area contributed by atoms with Crippen molar-refractivity contribution in [3.63, 3.8) is 0 Å². The summed E-state index contributed by atoms with van der Waals surface area (Å²) in [6.07, 6.45) is 0.441. The Labute approximate surface area is 110 Å². The second kappa shape index (κ2) is 5.08. The maximum Gasteiger partial charge on any atom is 0.155 e. The molecule has 0 aliphatic heterocycles. The number of rotatable bonds is 3. The lowest BCUT2D eigenvalue weighted by Gasteiger charge is -2.07. The summed E-state index contributed by atoms with van der Waals surface area (Å²) in [5.41, 5.74) is 2.12. The molecule has 0 amide bonds. The summed E-state index contributed by atoms with van der Waals surface area (Å²) in [4.78, 5) is 4.20. The molecule has 96 valence electrons. The normalized spacial score (nSPS) is 10.9. The molecule has 18 heavy (non-hydrogen) atoms. The molecule has 2 rings (SSSR count). The van der Waals surface area contributed by atoms with Gasteiger partial charge in [0.15, 0.2) is 5.15 Å². The van der Waals surface area contributed by atoms with Crippen molar-refractivity contribution in [2.75, 3.05) is 6.61 Å². The Morgan fingerprint density at radius 1 is 1.44 bits per heavy atom. The zero-order chi connectivity index (χ0) is 13.3. The van der Waals surface area contributed by atoms with Crippen LogP contribution in [0.1, 0.15) is 11.4 Å². The molecule has 0 aliphatic rings. The van der Waals surface area contributed by atoms with Gasteiger partial charge in [0.1, 0.15) is 11.6 Å². The zero-order valence-corrected chi connectivity index (χ0v) is 11.0. The molecule has 0 fully saturated rings. The SMILES string of the molecule is Cc1cc(-c2c(Cl)nc(CCO)n2C)ccc1F. The molecule has 0 saturated carbocycles. The van der Waals surface area contributed by atoms with Crippen LogP contribution in [0.25, 0.3) is 11.3 Å². The monoisotopic (exact) mass is 268 g/mol. The van der Waals surface area contributed by atoms with E-state index in [1.165, 1.54) is 6.07 Å². The highest BCUT2D eigenvalue weighted by Gasteiger charge is 2.15. The Bertz CT molecular complexity index is 581. The van der Waals surface area contributed by atoms with E-state index in [1.807, 2.05) is 11.6 Å². The summed E-state index contributed by atoms with van der Waals surface area (Å²) in [6.45, 7) is 1.72. The first-order valence-electron chi connectivity index (χ1n) is 5.63. The molecular weight excluding hydrogens is 255 g/mol.